The van der Waals surface area contributed by atoms with E-state index in [2.05, 4.69) is 24.9 Å². The van der Waals surface area contributed by atoms with Crippen LogP contribution >= 0.6 is 11.8 Å². The van der Waals surface area contributed by atoms with E-state index in [4.69, 9.17) is 10.5 Å². The highest BCUT2D eigenvalue weighted by atomic mass is 32.2. The fraction of sp³-hybridized carbons (Fsp3) is 0.148. The predicted octanol–water partition coefficient (Wildman–Crippen LogP) is 5.44. The number of anilines is 1. The van der Waals surface area contributed by atoms with Gasteiger partial charge in [0.15, 0.2) is 5.17 Å². The molecule has 0 spiro atoms. The molecular weight excluding hydrogens is 545 g/mol. The zero-order valence-corrected chi connectivity index (χ0v) is 22.1. The first-order valence-corrected chi connectivity index (χ1v) is 12.6. The van der Waals surface area contributed by atoms with Gasteiger partial charge in [0.05, 0.1) is 30.5 Å². The highest BCUT2D eigenvalue weighted by Crippen LogP contribution is 2.31. The number of aliphatic imine (C=N–C) groups is 2. The SMILES string of the molecule is COc1ccc(N2C(=O)CS/C2=N\N=C\c2ccc(C(N)=NC=Nc3ccc(OC(F)(F)F)cc3)cc2)c(C)c1. The molecule has 40 heavy (non-hydrogen) atoms. The Morgan fingerprint density at radius 3 is 2.40 bits per heavy atom. The van der Waals surface area contributed by atoms with Crippen LogP contribution in [0.25, 0.3) is 0 Å². The molecule has 3 aromatic carbocycles. The van der Waals surface area contributed by atoms with Gasteiger partial charge >= 0.3 is 6.36 Å². The van der Waals surface area contributed by atoms with Gasteiger partial charge in [0.1, 0.15) is 23.7 Å². The van der Waals surface area contributed by atoms with Gasteiger partial charge in [-0.3, -0.25) is 9.69 Å². The lowest BCUT2D eigenvalue weighted by Gasteiger charge is -2.18. The Morgan fingerprint density at radius 1 is 1.05 bits per heavy atom. The maximum Gasteiger partial charge on any atom is 0.573 e. The third-order valence-corrected chi connectivity index (χ3v) is 6.35. The van der Waals surface area contributed by atoms with Crippen molar-refractivity contribution in [2.75, 3.05) is 17.8 Å². The van der Waals surface area contributed by atoms with Gasteiger partial charge in [-0.25, -0.2) is 9.98 Å². The maximum atomic E-state index is 12.5. The van der Waals surface area contributed by atoms with Gasteiger partial charge in [-0.15, -0.1) is 18.3 Å². The standard InChI is InChI=1S/C27H23F3N6O3S/c1-17-13-22(38-2)11-12-23(17)36-24(37)15-40-26(36)35-34-14-18-3-5-19(6-4-18)25(31)33-16-32-20-7-9-21(10-8-20)39-27(28,29)30/h3-14,16H,15H2,1-2H3,(H2,31,32,33)/b34-14+,35-26-. The van der Waals surface area contributed by atoms with E-state index < -0.39 is 6.36 Å². The summed E-state index contributed by atoms with van der Waals surface area (Å²) >= 11 is 1.31. The Hall–Kier alpha value is -4.65. The number of hydrogen-bond acceptors (Lipinski definition) is 7. The third kappa shape index (κ3) is 7.47. The molecule has 0 bridgehead atoms. The number of aryl methyl sites for hydroxylation is 1. The fourth-order valence-electron chi connectivity index (χ4n) is 3.53. The highest BCUT2D eigenvalue weighted by Gasteiger charge is 2.31. The van der Waals surface area contributed by atoms with Gasteiger partial charge < -0.3 is 15.2 Å². The summed E-state index contributed by atoms with van der Waals surface area (Å²) in [5, 5.41) is 8.88. The molecule has 9 nitrogen and oxygen atoms in total. The Kier molecular flexibility index (Phi) is 8.84. The molecule has 1 aliphatic heterocycles. The number of hydrogen-bond donors (Lipinski definition) is 1. The van der Waals surface area contributed by atoms with Gasteiger partial charge in [0.25, 0.3) is 0 Å². The number of amides is 1. The predicted molar refractivity (Wildman–Crippen MR) is 151 cm³/mol. The minimum absolute atomic E-state index is 0.0812. The van der Waals surface area contributed by atoms with Crippen molar-refractivity contribution in [3.8, 4) is 11.5 Å². The molecule has 0 unspecified atom stereocenters. The molecule has 13 heteroatoms. The van der Waals surface area contributed by atoms with Gasteiger partial charge in [-0.1, -0.05) is 36.0 Å². The van der Waals surface area contributed by atoms with Crippen molar-refractivity contribution in [2.45, 2.75) is 13.3 Å². The van der Waals surface area contributed by atoms with Crippen LogP contribution in [0, 0.1) is 6.92 Å². The zero-order chi connectivity index (χ0) is 28.7. The third-order valence-electron chi connectivity index (χ3n) is 5.44. The maximum absolute atomic E-state index is 12.5. The number of benzene rings is 3. The van der Waals surface area contributed by atoms with Crippen molar-refractivity contribution < 1.29 is 27.4 Å². The van der Waals surface area contributed by atoms with E-state index in [9.17, 15) is 18.0 Å². The van der Waals surface area contributed by atoms with Gasteiger partial charge in [-0.05, 0) is 60.5 Å². The summed E-state index contributed by atoms with van der Waals surface area (Å²) in [5.41, 5.74) is 9.36. The smallest absolute Gasteiger partial charge is 0.497 e. The van der Waals surface area contributed by atoms with Crippen molar-refractivity contribution >= 4 is 52.6 Å². The summed E-state index contributed by atoms with van der Waals surface area (Å²) in [5.74, 6) is 0.739. The average molecular weight is 569 g/mol. The number of thioether (sulfide) groups is 1. The molecule has 0 aliphatic carbocycles. The average Bonchev–Trinajstić information content (AvgIpc) is 3.28. The zero-order valence-electron chi connectivity index (χ0n) is 21.3. The molecule has 1 aliphatic rings. The minimum Gasteiger partial charge on any atom is -0.497 e. The van der Waals surface area contributed by atoms with Crippen LogP contribution in [0.15, 0.2) is 86.9 Å². The van der Waals surface area contributed by atoms with Crippen LogP contribution in [-0.2, 0) is 4.79 Å². The van der Waals surface area contributed by atoms with E-state index in [1.807, 2.05) is 19.1 Å². The second-order valence-corrected chi connectivity index (χ2v) is 9.16. The molecule has 2 N–H and O–H groups in total. The summed E-state index contributed by atoms with van der Waals surface area (Å²) in [4.78, 5) is 22.2. The number of carbonyl (C=O) groups excluding carboxylic acids is 1. The molecule has 0 aromatic heterocycles. The lowest BCUT2D eigenvalue weighted by molar-refractivity contribution is -0.274. The second kappa shape index (κ2) is 12.5. The summed E-state index contributed by atoms with van der Waals surface area (Å²) in [7, 11) is 1.58. The van der Waals surface area contributed by atoms with Crippen LogP contribution in [0.2, 0.25) is 0 Å². The van der Waals surface area contributed by atoms with E-state index in [1.54, 1.807) is 48.6 Å². The van der Waals surface area contributed by atoms with E-state index in [0.717, 1.165) is 28.9 Å². The molecule has 4 rings (SSSR count). The number of carbonyl (C=O) groups is 1. The Labute approximate surface area is 231 Å². The summed E-state index contributed by atoms with van der Waals surface area (Å²) in [6.45, 7) is 1.89. The molecule has 0 atom stereocenters. The van der Waals surface area contributed by atoms with Crippen molar-refractivity contribution in [1.82, 2.24) is 0 Å². The number of nitrogens with zero attached hydrogens (tertiary/aromatic N) is 5. The molecule has 1 fully saturated rings. The Bertz CT molecular complexity index is 1490. The van der Waals surface area contributed by atoms with E-state index >= 15 is 0 Å². The number of alkyl halides is 3. The highest BCUT2D eigenvalue weighted by molar-refractivity contribution is 8.15. The Balaban J connectivity index is 1.38. The molecule has 1 heterocycles. The van der Waals surface area contributed by atoms with E-state index in [-0.39, 0.29) is 23.2 Å². The summed E-state index contributed by atoms with van der Waals surface area (Å²) < 4.78 is 45.8. The van der Waals surface area contributed by atoms with Crippen LogP contribution < -0.4 is 20.1 Å². The molecule has 206 valence electrons. The largest absolute Gasteiger partial charge is 0.573 e. The van der Waals surface area contributed by atoms with Crippen LogP contribution in [0.3, 0.4) is 0 Å². The van der Waals surface area contributed by atoms with Gasteiger partial charge in [0, 0.05) is 5.56 Å². The first-order valence-electron chi connectivity index (χ1n) is 11.7. The number of rotatable bonds is 8. The van der Waals surface area contributed by atoms with Gasteiger partial charge in [-0.2, -0.15) is 5.10 Å². The Morgan fingerprint density at radius 2 is 1.75 bits per heavy atom. The van der Waals surface area contributed by atoms with Crippen molar-refractivity contribution in [3.05, 3.63) is 83.4 Å². The number of ether oxygens (including phenoxy) is 2. The lowest BCUT2D eigenvalue weighted by Crippen LogP contribution is -2.29. The summed E-state index contributed by atoms with van der Waals surface area (Å²) in [6, 6.07) is 17.5. The van der Waals surface area contributed by atoms with Crippen molar-refractivity contribution in [1.29, 1.82) is 0 Å². The molecular formula is C27H23F3N6O3S. The second-order valence-electron chi connectivity index (χ2n) is 8.22. The molecule has 0 radical (unpaired) electrons. The fourth-order valence-corrected chi connectivity index (χ4v) is 4.35. The number of methoxy groups -OCH3 is 1. The first-order chi connectivity index (χ1) is 19.1. The number of nitrogens with two attached hydrogens (primary N) is 1. The topological polar surface area (TPSA) is 114 Å². The van der Waals surface area contributed by atoms with Crippen LogP contribution in [0.5, 0.6) is 11.5 Å². The number of halogens is 3. The van der Waals surface area contributed by atoms with E-state index in [0.29, 0.717) is 22.2 Å². The molecule has 1 amide bonds. The minimum atomic E-state index is -4.76. The molecule has 1 saturated heterocycles. The quantitative estimate of drug-likeness (QED) is 0.221. The van der Waals surface area contributed by atoms with Gasteiger partial charge in [0.2, 0.25) is 5.91 Å². The monoisotopic (exact) mass is 568 g/mol. The molecule has 0 saturated carbocycles. The number of amidine groups is 2. The van der Waals surface area contributed by atoms with Crippen molar-refractivity contribution in [3.63, 3.8) is 0 Å². The van der Waals surface area contributed by atoms with Crippen molar-refractivity contribution in [2.24, 2.45) is 25.9 Å². The first kappa shape index (κ1) is 28.4. The van der Waals surface area contributed by atoms with Crippen LogP contribution in [0.1, 0.15) is 16.7 Å². The lowest BCUT2D eigenvalue weighted by atomic mass is 10.1. The normalized spacial score (nSPS) is 15.5. The molecule has 3 aromatic rings. The van der Waals surface area contributed by atoms with E-state index in [1.165, 1.54) is 30.2 Å². The summed E-state index contributed by atoms with van der Waals surface area (Å²) in [6.07, 6.45) is -2.00. The van der Waals surface area contributed by atoms with Crippen LogP contribution in [-0.4, -0.2) is 48.7 Å². The van der Waals surface area contributed by atoms with Crippen LogP contribution in [0.4, 0.5) is 24.5 Å².